The van der Waals surface area contributed by atoms with E-state index in [1.165, 1.54) is 6.42 Å². The van der Waals surface area contributed by atoms with Crippen LogP contribution in [-0.4, -0.2) is 24.8 Å². The Morgan fingerprint density at radius 3 is 2.61 bits per heavy atom. The Morgan fingerprint density at radius 1 is 1.33 bits per heavy atom. The van der Waals surface area contributed by atoms with Gasteiger partial charge in [0.1, 0.15) is 0 Å². The summed E-state index contributed by atoms with van der Waals surface area (Å²) in [5.41, 5.74) is 6.43. The van der Waals surface area contributed by atoms with E-state index < -0.39 is 0 Å². The molecule has 1 saturated carbocycles. The van der Waals surface area contributed by atoms with Crippen LogP contribution >= 0.6 is 0 Å². The SMILES string of the molecule is CC(C)C[C@H](N)B1O[C@@H]2CCC(C)(C)C[C@]2(C)O1. The number of hydrogen-bond acceptors (Lipinski definition) is 3. The second-order valence-corrected chi connectivity index (χ2v) is 7.60. The average molecular weight is 253 g/mol. The fourth-order valence-corrected chi connectivity index (χ4v) is 3.61. The topological polar surface area (TPSA) is 44.5 Å². The van der Waals surface area contributed by atoms with E-state index in [0.717, 1.165) is 19.3 Å². The van der Waals surface area contributed by atoms with Gasteiger partial charge in [-0.2, -0.15) is 0 Å². The molecule has 2 fully saturated rings. The molecule has 0 aromatic rings. The van der Waals surface area contributed by atoms with Crippen molar-refractivity contribution in [3.05, 3.63) is 0 Å². The summed E-state index contributed by atoms with van der Waals surface area (Å²) in [6.45, 7) is 11.2. The van der Waals surface area contributed by atoms with Crippen molar-refractivity contribution in [2.75, 3.05) is 0 Å². The summed E-state index contributed by atoms with van der Waals surface area (Å²) in [5.74, 6) is 0.578. The highest BCUT2D eigenvalue weighted by molar-refractivity contribution is 6.47. The summed E-state index contributed by atoms with van der Waals surface area (Å²) in [7, 11) is -0.212. The molecule has 18 heavy (non-hydrogen) atoms. The first-order valence-electron chi connectivity index (χ1n) is 7.31. The van der Waals surface area contributed by atoms with Crippen LogP contribution in [-0.2, 0) is 9.31 Å². The Balaban J connectivity index is 2.01. The molecule has 1 aliphatic carbocycles. The monoisotopic (exact) mass is 253 g/mol. The summed E-state index contributed by atoms with van der Waals surface area (Å²) in [5, 5.41) is 0. The third-order valence-electron chi connectivity index (χ3n) is 4.37. The van der Waals surface area contributed by atoms with Crippen molar-refractivity contribution in [1.29, 1.82) is 0 Å². The second-order valence-electron chi connectivity index (χ2n) is 7.60. The predicted molar refractivity (Wildman–Crippen MR) is 75.2 cm³/mol. The van der Waals surface area contributed by atoms with Crippen LogP contribution < -0.4 is 5.73 Å². The molecule has 0 bridgehead atoms. The van der Waals surface area contributed by atoms with Gasteiger partial charge in [-0.25, -0.2) is 0 Å². The molecule has 0 unspecified atom stereocenters. The smallest absolute Gasteiger partial charge is 0.404 e. The first kappa shape index (κ1) is 14.4. The maximum Gasteiger partial charge on any atom is 0.475 e. The fraction of sp³-hybridized carbons (Fsp3) is 1.00. The molecular formula is C14H28BNO2. The first-order valence-corrected chi connectivity index (χ1v) is 7.31. The first-order chi connectivity index (χ1) is 8.22. The molecule has 4 heteroatoms. The lowest BCUT2D eigenvalue weighted by Crippen LogP contribution is -2.46. The molecule has 1 heterocycles. The van der Waals surface area contributed by atoms with Gasteiger partial charge < -0.3 is 15.0 Å². The maximum absolute atomic E-state index is 6.21. The van der Waals surface area contributed by atoms with E-state index in [1.54, 1.807) is 0 Å². The standard InChI is InChI=1S/C14H28BNO2/c1-10(2)8-12(16)15-17-11-6-7-13(3,4)9-14(11,5)18-15/h10-12H,6-9,16H2,1-5H3/t11-,12+,14+/m1/s1. The van der Waals surface area contributed by atoms with Crippen LogP contribution in [0.2, 0.25) is 0 Å². The van der Waals surface area contributed by atoms with Gasteiger partial charge in [-0.05, 0) is 43.9 Å². The lowest BCUT2D eigenvalue weighted by Gasteiger charge is -2.43. The highest BCUT2D eigenvalue weighted by Gasteiger charge is 2.54. The Labute approximate surface area is 112 Å². The van der Waals surface area contributed by atoms with Gasteiger partial charge in [0.05, 0.1) is 11.7 Å². The minimum Gasteiger partial charge on any atom is -0.404 e. The summed E-state index contributed by atoms with van der Waals surface area (Å²) in [6, 6.07) is 0. The Morgan fingerprint density at radius 2 is 2.00 bits per heavy atom. The van der Waals surface area contributed by atoms with E-state index in [9.17, 15) is 0 Å². The van der Waals surface area contributed by atoms with Crippen molar-refractivity contribution in [2.24, 2.45) is 17.1 Å². The van der Waals surface area contributed by atoms with Gasteiger partial charge >= 0.3 is 7.12 Å². The maximum atomic E-state index is 6.21. The summed E-state index contributed by atoms with van der Waals surface area (Å²) in [4.78, 5) is 0. The normalized spacial score (nSPS) is 36.8. The molecule has 0 spiro atoms. The average Bonchev–Trinajstić information content (AvgIpc) is 2.51. The predicted octanol–water partition coefficient (Wildman–Crippen LogP) is 2.77. The van der Waals surface area contributed by atoms with Crippen LogP contribution in [0.25, 0.3) is 0 Å². The van der Waals surface area contributed by atoms with Gasteiger partial charge in [0.15, 0.2) is 0 Å². The van der Waals surface area contributed by atoms with E-state index in [4.69, 9.17) is 15.0 Å². The molecule has 2 rings (SSSR count). The lowest BCUT2D eigenvalue weighted by atomic mass is 9.69. The van der Waals surface area contributed by atoms with Crippen molar-refractivity contribution < 1.29 is 9.31 Å². The molecular weight excluding hydrogens is 225 g/mol. The molecule has 2 aliphatic rings. The molecule has 1 aliphatic heterocycles. The van der Waals surface area contributed by atoms with E-state index in [2.05, 4.69) is 34.6 Å². The minimum atomic E-state index is -0.212. The fourth-order valence-electron chi connectivity index (χ4n) is 3.61. The van der Waals surface area contributed by atoms with Gasteiger partial charge in [-0.3, -0.25) is 0 Å². The molecule has 0 aromatic carbocycles. The van der Waals surface area contributed by atoms with E-state index >= 15 is 0 Å². The zero-order chi connectivity index (χ0) is 13.6. The minimum absolute atomic E-state index is 0.00413. The van der Waals surface area contributed by atoms with Gasteiger partial charge in [-0.15, -0.1) is 0 Å². The highest BCUT2D eigenvalue weighted by atomic mass is 16.7. The molecule has 3 atom stereocenters. The summed E-state index contributed by atoms with van der Waals surface area (Å²) < 4.78 is 12.3. The number of nitrogens with two attached hydrogens (primary N) is 1. The summed E-state index contributed by atoms with van der Waals surface area (Å²) >= 11 is 0. The quantitative estimate of drug-likeness (QED) is 0.786. The third kappa shape index (κ3) is 2.92. The third-order valence-corrected chi connectivity index (χ3v) is 4.37. The van der Waals surface area contributed by atoms with Gasteiger partial charge in [0, 0.05) is 5.94 Å². The number of fused-ring (bicyclic) bond motifs is 1. The summed E-state index contributed by atoms with van der Waals surface area (Å²) in [6.07, 6.45) is 4.55. The molecule has 3 nitrogen and oxygen atoms in total. The molecule has 0 aromatic heterocycles. The van der Waals surface area contributed by atoms with Crippen LogP contribution in [0.1, 0.15) is 60.3 Å². The van der Waals surface area contributed by atoms with Crippen molar-refractivity contribution >= 4 is 7.12 Å². The Kier molecular flexibility index (Phi) is 3.83. The van der Waals surface area contributed by atoms with E-state index in [-0.39, 0.29) is 24.8 Å². The zero-order valence-corrected chi connectivity index (χ0v) is 12.5. The van der Waals surface area contributed by atoms with Crippen molar-refractivity contribution in [2.45, 2.75) is 77.9 Å². The van der Waals surface area contributed by atoms with Crippen molar-refractivity contribution in [1.82, 2.24) is 0 Å². The van der Waals surface area contributed by atoms with Crippen LogP contribution in [0.15, 0.2) is 0 Å². The molecule has 0 amide bonds. The second kappa shape index (κ2) is 4.80. The Bertz CT molecular complexity index is 308. The van der Waals surface area contributed by atoms with Gasteiger partial charge in [0.2, 0.25) is 0 Å². The number of hydrogen-bond donors (Lipinski definition) is 1. The van der Waals surface area contributed by atoms with Crippen molar-refractivity contribution in [3.63, 3.8) is 0 Å². The van der Waals surface area contributed by atoms with Crippen molar-refractivity contribution in [3.8, 4) is 0 Å². The van der Waals surface area contributed by atoms with E-state index in [1.807, 2.05) is 0 Å². The highest BCUT2D eigenvalue weighted by Crippen LogP contribution is 2.47. The zero-order valence-electron chi connectivity index (χ0n) is 12.5. The van der Waals surface area contributed by atoms with E-state index in [0.29, 0.717) is 11.3 Å². The van der Waals surface area contributed by atoms with Gasteiger partial charge in [0.25, 0.3) is 0 Å². The molecule has 1 saturated heterocycles. The molecule has 104 valence electrons. The van der Waals surface area contributed by atoms with Crippen LogP contribution in [0.5, 0.6) is 0 Å². The lowest BCUT2D eigenvalue weighted by molar-refractivity contribution is -0.0298. The van der Waals surface area contributed by atoms with Crippen LogP contribution in [0.3, 0.4) is 0 Å². The Hall–Kier alpha value is -0.0551. The van der Waals surface area contributed by atoms with Gasteiger partial charge in [-0.1, -0.05) is 27.7 Å². The molecule has 2 N–H and O–H groups in total. The van der Waals surface area contributed by atoms with Crippen LogP contribution in [0.4, 0.5) is 0 Å². The number of rotatable bonds is 3. The molecule has 0 radical (unpaired) electrons. The van der Waals surface area contributed by atoms with Crippen LogP contribution in [0, 0.1) is 11.3 Å². The largest absolute Gasteiger partial charge is 0.475 e.